The van der Waals surface area contributed by atoms with Gasteiger partial charge in [-0.3, -0.25) is 0 Å². The van der Waals surface area contributed by atoms with Gasteiger partial charge in [0.25, 0.3) is 0 Å². The predicted octanol–water partition coefficient (Wildman–Crippen LogP) is 2.10. The summed E-state index contributed by atoms with van der Waals surface area (Å²) < 4.78 is 4.83. The van der Waals surface area contributed by atoms with Crippen molar-refractivity contribution < 1.29 is 20.9 Å². The van der Waals surface area contributed by atoms with E-state index in [4.69, 9.17) is 19.4 Å². The van der Waals surface area contributed by atoms with Gasteiger partial charge >= 0.3 is 6.15 Å². The standard InChI is InChI=1S/C6H6O.C4H10O.CO2.H2/c7-6-4-2-1-3-5-6;1-3-5-4-2;2-1-3;/h1-5,7H;3-4H2,1-2H3;;1H. The summed E-state index contributed by atoms with van der Waals surface area (Å²) in [5, 5.41) is 8.63. The fourth-order valence-electron chi connectivity index (χ4n) is 0.632. The van der Waals surface area contributed by atoms with Gasteiger partial charge in [-0.1, -0.05) is 18.2 Å². The molecule has 1 aromatic carbocycles. The second-order valence-electron chi connectivity index (χ2n) is 2.20. The van der Waals surface area contributed by atoms with Gasteiger partial charge in [-0.2, -0.15) is 9.59 Å². The molecular formula is C11H18O4. The van der Waals surface area contributed by atoms with Crippen molar-refractivity contribution in [1.82, 2.24) is 0 Å². The van der Waals surface area contributed by atoms with E-state index in [1.54, 1.807) is 24.3 Å². The molecule has 1 rings (SSSR count). The van der Waals surface area contributed by atoms with Crippen molar-refractivity contribution in [3.8, 4) is 5.75 Å². The van der Waals surface area contributed by atoms with Crippen LogP contribution in [-0.4, -0.2) is 24.5 Å². The van der Waals surface area contributed by atoms with Gasteiger partial charge in [0.05, 0.1) is 0 Å². The van der Waals surface area contributed by atoms with E-state index in [-0.39, 0.29) is 7.58 Å². The highest BCUT2D eigenvalue weighted by atomic mass is 16.5. The maximum Gasteiger partial charge on any atom is 0.373 e. The van der Waals surface area contributed by atoms with Gasteiger partial charge in [0, 0.05) is 14.6 Å². The van der Waals surface area contributed by atoms with Crippen molar-refractivity contribution in [2.45, 2.75) is 13.8 Å². The fourth-order valence-corrected chi connectivity index (χ4v) is 0.632. The largest absolute Gasteiger partial charge is 0.508 e. The molecular weight excluding hydrogens is 196 g/mol. The van der Waals surface area contributed by atoms with Crippen LogP contribution >= 0.6 is 0 Å². The van der Waals surface area contributed by atoms with E-state index in [0.717, 1.165) is 13.2 Å². The van der Waals surface area contributed by atoms with E-state index in [9.17, 15) is 0 Å². The van der Waals surface area contributed by atoms with Gasteiger partial charge in [0.15, 0.2) is 0 Å². The fraction of sp³-hybridized carbons (Fsp3) is 0.364. The van der Waals surface area contributed by atoms with Crippen molar-refractivity contribution in [3.63, 3.8) is 0 Å². The Balaban J connectivity index is -0.000000168. The number of hydrogen-bond donors (Lipinski definition) is 1. The number of carbonyl (C=O) groups excluding carboxylic acids is 2. The average Bonchev–Trinajstić information content (AvgIpc) is 2.22. The minimum absolute atomic E-state index is 0. The number of hydrogen-bond acceptors (Lipinski definition) is 4. The molecule has 4 nitrogen and oxygen atoms in total. The molecule has 0 unspecified atom stereocenters. The SMILES string of the molecule is CCOCC.O=C=O.Oc1ccccc1.[HH]. The van der Waals surface area contributed by atoms with Crippen LogP contribution in [-0.2, 0) is 14.3 Å². The Labute approximate surface area is 91.0 Å². The van der Waals surface area contributed by atoms with E-state index in [1.807, 2.05) is 19.9 Å². The number of ether oxygens (including phenoxy) is 1. The van der Waals surface area contributed by atoms with Gasteiger partial charge in [0.1, 0.15) is 5.75 Å². The maximum atomic E-state index is 8.63. The van der Waals surface area contributed by atoms with E-state index in [2.05, 4.69) is 0 Å². The Morgan fingerprint density at radius 2 is 1.60 bits per heavy atom. The summed E-state index contributed by atoms with van der Waals surface area (Å²) in [4.78, 5) is 16.2. The van der Waals surface area contributed by atoms with E-state index >= 15 is 0 Å². The lowest BCUT2D eigenvalue weighted by atomic mass is 10.3. The summed E-state index contributed by atoms with van der Waals surface area (Å²) in [6, 6.07) is 8.71. The molecule has 15 heavy (non-hydrogen) atoms. The molecule has 0 atom stereocenters. The topological polar surface area (TPSA) is 63.6 Å². The highest BCUT2D eigenvalue weighted by molar-refractivity contribution is 5.20. The Morgan fingerprint density at radius 1 is 1.20 bits per heavy atom. The van der Waals surface area contributed by atoms with Crippen LogP contribution in [0.2, 0.25) is 0 Å². The Hall–Kier alpha value is -1.64. The van der Waals surface area contributed by atoms with Crippen LogP contribution in [0.15, 0.2) is 30.3 Å². The first kappa shape index (κ1) is 15.8. The first-order valence-corrected chi connectivity index (χ1v) is 4.53. The number of para-hydroxylation sites is 1. The Kier molecular flexibility index (Phi) is 15.7. The average molecular weight is 214 g/mol. The molecule has 0 heterocycles. The molecule has 0 spiro atoms. The zero-order chi connectivity index (χ0) is 11.9. The van der Waals surface area contributed by atoms with Crippen LogP contribution in [0.1, 0.15) is 15.3 Å². The molecule has 0 radical (unpaired) electrons. The third-order valence-electron chi connectivity index (χ3n) is 1.16. The van der Waals surface area contributed by atoms with Crippen LogP contribution < -0.4 is 0 Å². The monoisotopic (exact) mass is 214 g/mol. The van der Waals surface area contributed by atoms with Crippen molar-refractivity contribution >= 4 is 6.15 Å². The number of phenolic OH excluding ortho intramolecular Hbond substituents is 1. The summed E-state index contributed by atoms with van der Waals surface area (Å²) in [5.41, 5.74) is 0. The molecule has 0 amide bonds. The number of aromatic hydroxyl groups is 1. The van der Waals surface area contributed by atoms with Crippen molar-refractivity contribution in [2.24, 2.45) is 0 Å². The van der Waals surface area contributed by atoms with Crippen LogP contribution in [0.25, 0.3) is 0 Å². The summed E-state index contributed by atoms with van der Waals surface area (Å²) in [6.07, 6.45) is 0.250. The van der Waals surface area contributed by atoms with E-state index in [1.165, 1.54) is 0 Å². The summed E-state index contributed by atoms with van der Waals surface area (Å²) in [5.74, 6) is 0.322. The molecule has 0 aliphatic heterocycles. The second-order valence-corrected chi connectivity index (χ2v) is 2.20. The van der Waals surface area contributed by atoms with Crippen LogP contribution in [0.3, 0.4) is 0 Å². The van der Waals surface area contributed by atoms with Crippen molar-refractivity contribution in [2.75, 3.05) is 13.2 Å². The molecule has 0 aliphatic carbocycles. The van der Waals surface area contributed by atoms with E-state index in [0.29, 0.717) is 5.75 Å². The zero-order valence-corrected chi connectivity index (χ0v) is 8.97. The first-order valence-electron chi connectivity index (χ1n) is 4.53. The molecule has 0 saturated carbocycles. The smallest absolute Gasteiger partial charge is 0.373 e. The highest BCUT2D eigenvalue weighted by Gasteiger charge is 1.74. The first-order chi connectivity index (χ1) is 7.22. The maximum absolute atomic E-state index is 8.63. The van der Waals surface area contributed by atoms with Crippen LogP contribution in [0.5, 0.6) is 5.75 Å². The highest BCUT2D eigenvalue weighted by Crippen LogP contribution is 2.02. The Bertz CT molecular complexity index is 243. The molecule has 86 valence electrons. The van der Waals surface area contributed by atoms with Crippen LogP contribution in [0, 0.1) is 0 Å². The molecule has 0 aromatic heterocycles. The van der Waals surface area contributed by atoms with E-state index < -0.39 is 0 Å². The van der Waals surface area contributed by atoms with Gasteiger partial charge in [-0.15, -0.1) is 0 Å². The minimum Gasteiger partial charge on any atom is -0.508 e. The molecule has 1 aromatic rings. The predicted molar refractivity (Wildman–Crippen MR) is 57.4 cm³/mol. The summed E-state index contributed by atoms with van der Waals surface area (Å²) in [7, 11) is 0. The van der Waals surface area contributed by atoms with Gasteiger partial charge in [-0.05, 0) is 26.0 Å². The molecule has 1 N–H and O–H groups in total. The quantitative estimate of drug-likeness (QED) is 0.818. The van der Waals surface area contributed by atoms with Gasteiger partial charge in [0.2, 0.25) is 0 Å². The van der Waals surface area contributed by atoms with Crippen LogP contribution in [0.4, 0.5) is 0 Å². The third-order valence-corrected chi connectivity index (χ3v) is 1.16. The molecule has 0 aliphatic rings. The van der Waals surface area contributed by atoms with Crippen molar-refractivity contribution in [1.29, 1.82) is 0 Å². The third kappa shape index (κ3) is 19.0. The second kappa shape index (κ2) is 14.9. The van der Waals surface area contributed by atoms with Gasteiger partial charge in [-0.25, -0.2) is 0 Å². The number of phenols is 1. The lowest BCUT2D eigenvalue weighted by Crippen LogP contribution is -1.84. The summed E-state index contributed by atoms with van der Waals surface area (Å²) in [6.45, 7) is 5.67. The van der Waals surface area contributed by atoms with Gasteiger partial charge < -0.3 is 9.84 Å². The normalized spacial score (nSPS) is 7.33. The number of rotatable bonds is 2. The molecule has 0 fully saturated rings. The molecule has 0 bridgehead atoms. The lowest BCUT2D eigenvalue weighted by Gasteiger charge is -1.86. The van der Waals surface area contributed by atoms with Crippen molar-refractivity contribution in [3.05, 3.63) is 30.3 Å². The Morgan fingerprint density at radius 3 is 1.73 bits per heavy atom. The zero-order valence-electron chi connectivity index (χ0n) is 8.97. The number of benzene rings is 1. The lowest BCUT2D eigenvalue weighted by molar-refractivity contribution is -0.191. The molecule has 4 heteroatoms. The minimum atomic E-state index is 0. The molecule has 0 saturated heterocycles. The summed E-state index contributed by atoms with van der Waals surface area (Å²) >= 11 is 0.